The van der Waals surface area contributed by atoms with Crippen molar-refractivity contribution in [2.75, 3.05) is 13.6 Å². The molecule has 130 valence electrons. The molecule has 0 saturated heterocycles. The van der Waals surface area contributed by atoms with Crippen molar-refractivity contribution in [3.63, 3.8) is 0 Å². The molecule has 2 rings (SSSR count). The van der Waals surface area contributed by atoms with Crippen LogP contribution < -0.4 is 4.72 Å². The number of amides is 1. The van der Waals surface area contributed by atoms with Gasteiger partial charge in [0.05, 0.1) is 23.1 Å². The maximum Gasteiger partial charge on any atom is 0.241 e. The fourth-order valence-corrected chi connectivity index (χ4v) is 3.10. The van der Waals surface area contributed by atoms with Crippen molar-refractivity contribution in [3.8, 4) is 6.07 Å². The monoisotopic (exact) mass is 361 g/mol. The lowest BCUT2D eigenvalue weighted by Gasteiger charge is -2.18. The first-order valence-corrected chi connectivity index (χ1v) is 8.79. The number of benzene rings is 2. The third-order valence-electron chi connectivity index (χ3n) is 3.48. The highest BCUT2D eigenvalue weighted by Crippen LogP contribution is 2.11. The first-order chi connectivity index (χ1) is 11.8. The Hall–Kier alpha value is -2.76. The molecular formula is C17H16FN3O3S. The average Bonchev–Trinajstić information content (AvgIpc) is 2.61. The summed E-state index contributed by atoms with van der Waals surface area (Å²) in [5.74, 6) is -0.945. The number of hydrogen-bond acceptors (Lipinski definition) is 4. The summed E-state index contributed by atoms with van der Waals surface area (Å²) in [4.78, 5) is 13.2. The Kier molecular flexibility index (Phi) is 5.85. The Labute approximate surface area is 145 Å². The van der Waals surface area contributed by atoms with Gasteiger partial charge in [-0.25, -0.2) is 17.5 Å². The van der Waals surface area contributed by atoms with Gasteiger partial charge >= 0.3 is 0 Å². The quantitative estimate of drug-likeness (QED) is 0.847. The topological polar surface area (TPSA) is 90.3 Å². The van der Waals surface area contributed by atoms with E-state index in [1.807, 2.05) is 6.07 Å². The normalized spacial score (nSPS) is 10.9. The SMILES string of the molecule is CN(Cc1ccccc1F)C(=O)CNS(=O)(=O)c1cccc(C#N)c1. The molecule has 1 amide bonds. The van der Waals surface area contributed by atoms with E-state index in [1.54, 1.807) is 18.2 Å². The van der Waals surface area contributed by atoms with Gasteiger partial charge in [0.15, 0.2) is 0 Å². The summed E-state index contributed by atoms with van der Waals surface area (Å²) in [6, 6.07) is 13.4. The Morgan fingerprint density at radius 1 is 1.24 bits per heavy atom. The zero-order valence-corrected chi connectivity index (χ0v) is 14.3. The molecule has 1 N–H and O–H groups in total. The van der Waals surface area contributed by atoms with Gasteiger partial charge in [-0.15, -0.1) is 0 Å². The number of carbonyl (C=O) groups excluding carboxylic acids is 1. The van der Waals surface area contributed by atoms with Crippen LogP contribution in [0.4, 0.5) is 4.39 Å². The molecule has 2 aromatic rings. The maximum atomic E-state index is 13.6. The standard InChI is InChI=1S/C17H16FN3O3S/c1-21(12-14-6-2-3-8-16(14)18)17(22)11-20-25(23,24)15-7-4-5-13(9-15)10-19/h2-9,20H,11-12H2,1H3. The van der Waals surface area contributed by atoms with Crippen LogP contribution in [0.25, 0.3) is 0 Å². The van der Waals surface area contributed by atoms with Crippen LogP contribution in [-0.2, 0) is 21.4 Å². The number of carbonyl (C=O) groups is 1. The van der Waals surface area contributed by atoms with Crippen molar-refractivity contribution in [1.29, 1.82) is 5.26 Å². The van der Waals surface area contributed by atoms with Crippen LogP contribution in [0.5, 0.6) is 0 Å². The van der Waals surface area contributed by atoms with Gasteiger partial charge in [0, 0.05) is 19.2 Å². The van der Waals surface area contributed by atoms with Gasteiger partial charge in [0.2, 0.25) is 15.9 Å². The van der Waals surface area contributed by atoms with Gasteiger partial charge in [-0.3, -0.25) is 4.79 Å². The Bertz CT molecular complexity index is 923. The molecule has 0 unspecified atom stereocenters. The summed E-state index contributed by atoms with van der Waals surface area (Å²) in [6.07, 6.45) is 0. The zero-order chi connectivity index (χ0) is 18.4. The summed E-state index contributed by atoms with van der Waals surface area (Å²) in [5, 5.41) is 8.82. The lowest BCUT2D eigenvalue weighted by atomic mass is 10.2. The van der Waals surface area contributed by atoms with Crippen LogP contribution in [0.1, 0.15) is 11.1 Å². The van der Waals surface area contributed by atoms with Gasteiger partial charge in [0.1, 0.15) is 5.82 Å². The molecule has 0 aliphatic carbocycles. The third kappa shape index (κ3) is 4.86. The predicted octanol–water partition coefficient (Wildman–Crippen LogP) is 1.63. The fourth-order valence-electron chi connectivity index (χ4n) is 2.08. The van der Waals surface area contributed by atoms with Crippen molar-refractivity contribution in [2.24, 2.45) is 0 Å². The number of hydrogen-bond donors (Lipinski definition) is 1. The smallest absolute Gasteiger partial charge is 0.241 e. The van der Waals surface area contributed by atoms with E-state index in [-0.39, 0.29) is 17.0 Å². The van der Waals surface area contributed by atoms with Crippen molar-refractivity contribution in [1.82, 2.24) is 9.62 Å². The van der Waals surface area contributed by atoms with Crippen molar-refractivity contribution in [2.45, 2.75) is 11.4 Å². The van der Waals surface area contributed by atoms with Gasteiger partial charge in [0.25, 0.3) is 0 Å². The molecule has 0 bridgehead atoms. The summed E-state index contributed by atoms with van der Waals surface area (Å²) in [6.45, 7) is -0.443. The Morgan fingerprint density at radius 2 is 1.96 bits per heavy atom. The molecule has 0 spiro atoms. The molecule has 0 aromatic heterocycles. The lowest BCUT2D eigenvalue weighted by Crippen LogP contribution is -2.37. The van der Waals surface area contributed by atoms with E-state index in [9.17, 15) is 17.6 Å². The van der Waals surface area contributed by atoms with Gasteiger partial charge in [-0.2, -0.15) is 5.26 Å². The predicted molar refractivity (Wildman–Crippen MR) is 89.2 cm³/mol. The van der Waals surface area contributed by atoms with E-state index in [1.165, 1.54) is 42.3 Å². The van der Waals surface area contributed by atoms with Crippen LogP contribution in [0.15, 0.2) is 53.4 Å². The van der Waals surface area contributed by atoms with E-state index in [0.717, 1.165) is 0 Å². The summed E-state index contributed by atoms with van der Waals surface area (Å²) < 4.78 is 40.2. The second-order valence-electron chi connectivity index (χ2n) is 5.31. The number of sulfonamides is 1. The molecule has 0 fully saturated rings. The zero-order valence-electron chi connectivity index (χ0n) is 13.4. The largest absolute Gasteiger partial charge is 0.340 e. The fraction of sp³-hybridized carbons (Fsp3) is 0.176. The van der Waals surface area contributed by atoms with E-state index < -0.39 is 28.3 Å². The molecular weight excluding hydrogens is 345 g/mol. The van der Waals surface area contributed by atoms with Crippen LogP contribution in [0.3, 0.4) is 0 Å². The molecule has 8 heteroatoms. The number of halogens is 1. The van der Waals surface area contributed by atoms with E-state index in [4.69, 9.17) is 5.26 Å². The van der Waals surface area contributed by atoms with Crippen molar-refractivity contribution < 1.29 is 17.6 Å². The second kappa shape index (κ2) is 7.88. The van der Waals surface area contributed by atoms with E-state index in [2.05, 4.69) is 4.72 Å². The van der Waals surface area contributed by atoms with Gasteiger partial charge < -0.3 is 4.90 Å². The van der Waals surface area contributed by atoms with Crippen molar-refractivity contribution >= 4 is 15.9 Å². The number of likely N-dealkylation sites (N-methyl/N-ethyl adjacent to an activating group) is 1. The molecule has 0 aliphatic rings. The molecule has 0 heterocycles. The highest BCUT2D eigenvalue weighted by molar-refractivity contribution is 7.89. The number of nitrogens with zero attached hydrogens (tertiary/aromatic N) is 2. The van der Waals surface area contributed by atoms with E-state index in [0.29, 0.717) is 5.56 Å². The summed E-state index contributed by atoms with van der Waals surface area (Å²) in [7, 11) is -2.47. The highest BCUT2D eigenvalue weighted by atomic mass is 32.2. The molecule has 0 atom stereocenters. The molecule has 25 heavy (non-hydrogen) atoms. The lowest BCUT2D eigenvalue weighted by molar-refractivity contribution is -0.129. The van der Waals surface area contributed by atoms with Crippen LogP contribution in [-0.4, -0.2) is 32.8 Å². The second-order valence-corrected chi connectivity index (χ2v) is 7.07. The maximum absolute atomic E-state index is 13.6. The first-order valence-electron chi connectivity index (χ1n) is 7.30. The molecule has 6 nitrogen and oxygen atoms in total. The van der Waals surface area contributed by atoms with Gasteiger partial charge in [-0.1, -0.05) is 24.3 Å². The Balaban J connectivity index is 2.01. The number of rotatable bonds is 6. The van der Waals surface area contributed by atoms with Gasteiger partial charge in [-0.05, 0) is 24.3 Å². The summed E-state index contributed by atoms with van der Waals surface area (Å²) in [5.41, 5.74) is 0.536. The average molecular weight is 361 g/mol. The minimum absolute atomic E-state index is 0.0250. The molecule has 0 aliphatic heterocycles. The minimum Gasteiger partial charge on any atom is -0.340 e. The van der Waals surface area contributed by atoms with Crippen molar-refractivity contribution in [3.05, 3.63) is 65.5 Å². The highest BCUT2D eigenvalue weighted by Gasteiger charge is 2.18. The number of nitriles is 1. The minimum atomic E-state index is -3.93. The van der Waals surface area contributed by atoms with E-state index >= 15 is 0 Å². The molecule has 0 saturated carbocycles. The third-order valence-corrected chi connectivity index (χ3v) is 4.88. The molecule has 2 aromatic carbocycles. The Morgan fingerprint density at radius 3 is 2.64 bits per heavy atom. The molecule has 0 radical (unpaired) electrons. The summed E-state index contributed by atoms with van der Waals surface area (Å²) >= 11 is 0. The van der Waals surface area contributed by atoms with Crippen LogP contribution in [0, 0.1) is 17.1 Å². The number of nitrogens with one attached hydrogen (secondary N) is 1. The van der Waals surface area contributed by atoms with Crippen LogP contribution >= 0.6 is 0 Å². The van der Waals surface area contributed by atoms with Crippen LogP contribution in [0.2, 0.25) is 0 Å². The first kappa shape index (κ1) is 18.6.